The number of phosphoric acid groups is 1. The zero-order chi connectivity index (χ0) is 34.0. The first-order valence-corrected chi connectivity index (χ1v) is 20.5. The maximum absolute atomic E-state index is 12.5. The molecule has 0 rings (SSSR count). The normalized spacial score (nSPS) is 14.3. The van der Waals surface area contributed by atoms with Crippen LogP contribution in [0.15, 0.2) is 0 Å². The first-order valence-electron chi connectivity index (χ1n) is 19.0. The van der Waals surface area contributed by atoms with E-state index in [2.05, 4.69) is 13.8 Å². The molecule has 0 heterocycles. The summed E-state index contributed by atoms with van der Waals surface area (Å²) in [5, 5.41) is 18.3. The van der Waals surface area contributed by atoms with Crippen LogP contribution in [0.1, 0.15) is 181 Å². The number of unbranched alkanes of at least 4 members (excludes halogenated alkanes) is 23. The molecule has 3 atom stereocenters. The second-order valence-electron chi connectivity index (χ2n) is 13.0. The Morgan fingerprint density at radius 2 is 0.978 bits per heavy atom. The summed E-state index contributed by atoms with van der Waals surface area (Å²) >= 11 is 0. The predicted molar refractivity (Wildman–Crippen MR) is 187 cm³/mol. The van der Waals surface area contributed by atoms with Crippen molar-refractivity contribution in [1.29, 1.82) is 0 Å². The average molecular weight is 681 g/mol. The van der Waals surface area contributed by atoms with Gasteiger partial charge in [0.25, 0.3) is 0 Å². The van der Waals surface area contributed by atoms with Crippen molar-refractivity contribution in [3.05, 3.63) is 0 Å². The summed E-state index contributed by atoms with van der Waals surface area (Å²) in [4.78, 5) is 22.4. The van der Waals surface area contributed by atoms with E-state index in [1.54, 1.807) is 0 Å². The maximum Gasteiger partial charge on any atom is 0.472 e. The largest absolute Gasteiger partial charge is 0.472 e. The van der Waals surface area contributed by atoms with E-state index in [-0.39, 0.29) is 25.6 Å². The number of hydrogen-bond acceptors (Lipinski definition) is 8. The van der Waals surface area contributed by atoms with Crippen molar-refractivity contribution in [2.75, 3.05) is 33.0 Å². The topological polar surface area (TPSA) is 132 Å². The van der Waals surface area contributed by atoms with Gasteiger partial charge in [-0.15, -0.1) is 0 Å². The van der Waals surface area contributed by atoms with Gasteiger partial charge >= 0.3 is 13.8 Å². The standard InChI is InChI=1S/C36H73O9P/c1-3-5-7-9-11-13-15-16-17-18-20-22-24-26-28-36(39)45-35(33-44-46(40,41)43-31-34(38)30-37)32-42-29-27-25-23-21-19-14-12-10-8-6-4-2/h34-35,37-38H,3-33H2,1-2H3,(H,40,41). The van der Waals surface area contributed by atoms with Crippen LogP contribution < -0.4 is 0 Å². The van der Waals surface area contributed by atoms with Crippen LogP contribution in [-0.4, -0.2) is 66.3 Å². The molecule has 0 aromatic rings. The molecule has 0 saturated carbocycles. The lowest BCUT2D eigenvalue weighted by atomic mass is 10.0. The maximum atomic E-state index is 12.5. The Hall–Kier alpha value is -0.540. The first-order chi connectivity index (χ1) is 22.3. The van der Waals surface area contributed by atoms with Crippen molar-refractivity contribution in [3.8, 4) is 0 Å². The second-order valence-corrected chi connectivity index (χ2v) is 14.4. The molecule has 0 aliphatic rings. The van der Waals surface area contributed by atoms with Gasteiger partial charge < -0.3 is 24.6 Å². The molecule has 0 aliphatic heterocycles. The molecule has 0 spiro atoms. The zero-order valence-corrected chi connectivity index (χ0v) is 30.7. The number of carbonyl (C=O) groups is 1. The van der Waals surface area contributed by atoms with Crippen LogP contribution in [0.3, 0.4) is 0 Å². The lowest BCUT2D eigenvalue weighted by Gasteiger charge is -2.20. The summed E-state index contributed by atoms with van der Waals surface area (Å²) < 4.78 is 33.2. The quantitative estimate of drug-likeness (QED) is 0.0333. The summed E-state index contributed by atoms with van der Waals surface area (Å²) in [5.74, 6) is -0.379. The summed E-state index contributed by atoms with van der Waals surface area (Å²) in [6.45, 7) is 3.54. The van der Waals surface area contributed by atoms with Crippen molar-refractivity contribution >= 4 is 13.8 Å². The Kier molecular flexibility index (Phi) is 33.9. The molecule has 0 fully saturated rings. The van der Waals surface area contributed by atoms with E-state index in [0.717, 1.165) is 32.1 Å². The van der Waals surface area contributed by atoms with Crippen molar-refractivity contribution in [1.82, 2.24) is 0 Å². The predicted octanol–water partition coefficient (Wildman–Crippen LogP) is 9.58. The monoisotopic (exact) mass is 680 g/mol. The van der Waals surface area contributed by atoms with Crippen LogP contribution in [-0.2, 0) is 27.9 Å². The molecule has 0 radical (unpaired) electrons. The second kappa shape index (κ2) is 34.3. The minimum atomic E-state index is -4.50. The summed E-state index contributed by atoms with van der Waals surface area (Å²) in [7, 11) is -4.50. The average Bonchev–Trinajstić information content (AvgIpc) is 3.04. The Bertz CT molecular complexity index is 694. The Balaban J connectivity index is 4.20. The number of phosphoric ester groups is 1. The van der Waals surface area contributed by atoms with Gasteiger partial charge in [0.1, 0.15) is 12.2 Å². The minimum Gasteiger partial charge on any atom is -0.457 e. The zero-order valence-electron chi connectivity index (χ0n) is 29.8. The smallest absolute Gasteiger partial charge is 0.457 e. The molecule has 0 amide bonds. The number of aliphatic hydroxyl groups is 2. The van der Waals surface area contributed by atoms with Crippen LogP contribution >= 0.6 is 7.82 Å². The third kappa shape index (κ3) is 33.4. The number of carbonyl (C=O) groups excluding carboxylic acids is 1. The van der Waals surface area contributed by atoms with Gasteiger partial charge in [0.15, 0.2) is 0 Å². The van der Waals surface area contributed by atoms with Gasteiger partial charge in [-0.25, -0.2) is 4.57 Å². The minimum absolute atomic E-state index is 0.0570. The Morgan fingerprint density at radius 3 is 1.41 bits per heavy atom. The molecule has 276 valence electrons. The van der Waals surface area contributed by atoms with Gasteiger partial charge in [0.2, 0.25) is 0 Å². The molecule has 46 heavy (non-hydrogen) atoms. The van der Waals surface area contributed by atoms with Crippen LogP contribution in [0, 0.1) is 0 Å². The van der Waals surface area contributed by atoms with Gasteiger partial charge in [-0.3, -0.25) is 13.8 Å². The number of ether oxygens (including phenoxy) is 2. The van der Waals surface area contributed by atoms with E-state index >= 15 is 0 Å². The van der Waals surface area contributed by atoms with Crippen molar-refractivity contribution in [2.45, 2.75) is 193 Å². The molecule has 9 nitrogen and oxygen atoms in total. The molecular weight excluding hydrogens is 607 g/mol. The Morgan fingerprint density at radius 1 is 0.587 bits per heavy atom. The van der Waals surface area contributed by atoms with Gasteiger partial charge in [-0.05, 0) is 12.8 Å². The summed E-state index contributed by atoms with van der Waals surface area (Å²) in [6.07, 6.45) is 29.1. The van der Waals surface area contributed by atoms with Crippen LogP contribution in [0.5, 0.6) is 0 Å². The van der Waals surface area contributed by atoms with Crippen LogP contribution in [0.25, 0.3) is 0 Å². The van der Waals surface area contributed by atoms with Crippen LogP contribution in [0.2, 0.25) is 0 Å². The van der Waals surface area contributed by atoms with E-state index in [0.29, 0.717) is 6.61 Å². The molecule has 0 bridgehead atoms. The fraction of sp³-hybridized carbons (Fsp3) is 0.972. The molecule has 10 heteroatoms. The molecular formula is C36H73O9P. The van der Waals surface area contributed by atoms with Gasteiger partial charge in [-0.2, -0.15) is 0 Å². The lowest BCUT2D eigenvalue weighted by molar-refractivity contribution is -0.154. The fourth-order valence-electron chi connectivity index (χ4n) is 5.36. The van der Waals surface area contributed by atoms with Gasteiger partial charge in [0, 0.05) is 13.0 Å². The first kappa shape index (κ1) is 45.5. The highest BCUT2D eigenvalue weighted by Gasteiger charge is 2.26. The highest BCUT2D eigenvalue weighted by atomic mass is 31.2. The third-order valence-corrected chi connectivity index (χ3v) is 9.24. The fourth-order valence-corrected chi connectivity index (χ4v) is 6.15. The SMILES string of the molecule is CCCCCCCCCCCCCCCCC(=O)OC(COCCCCCCCCCCCCC)COP(=O)(O)OCC(O)CO. The van der Waals surface area contributed by atoms with E-state index in [4.69, 9.17) is 23.6 Å². The van der Waals surface area contributed by atoms with Crippen LogP contribution in [0.4, 0.5) is 0 Å². The molecule has 0 aromatic carbocycles. The Labute approximate surface area is 282 Å². The molecule has 0 aliphatic carbocycles. The van der Waals surface area contributed by atoms with E-state index < -0.39 is 33.2 Å². The summed E-state index contributed by atoms with van der Waals surface area (Å²) in [6, 6.07) is 0. The number of aliphatic hydroxyl groups excluding tert-OH is 2. The van der Waals surface area contributed by atoms with Crippen molar-refractivity contribution in [2.24, 2.45) is 0 Å². The molecule has 0 aromatic heterocycles. The number of esters is 1. The highest BCUT2D eigenvalue weighted by molar-refractivity contribution is 7.47. The number of rotatable bonds is 37. The van der Waals surface area contributed by atoms with E-state index in [1.807, 2.05) is 0 Å². The van der Waals surface area contributed by atoms with Gasteiger partial charge in [0.05, 0.1) is 26.4 Å². The molecule has 0 saturated heterocycles. The van der Waals surface area contributed by atoms with Gasteiger partial charge in [-0.1, -0.05) is 162 Å². The summed E-state index contributed by atoms with van der Waals surface area (Å²) in [5.41, 5.74) is 0. The molecule has 3 unspecified atom stereocenters. The molecule has 3 N–H and O–H groups in total. The van der Waals surface area contributed by atoms with Crippen molar-refractivity contribution < 1.29 is 43.0 Å². The lowest BCUT2D eigenvalue weighted by Crippen LogP contribution is -2.29. The number of hydrogen-bond donors (Lipinski definition) is 3. The van der Waals surface area contributed by atoms with E-state index in [1.165, 1.54) is 128 Å². The highest BCUT2D eigenvalue weighted by Crippen LogP contribution is 2.43. The van der Waals surface area contributed by atoms with Crippen molar-refractivity contribution in [3.63, 3.8) is 0 Å². The third-order valence-electron chi connectivity index (χ3n) is 8.29. The van der Waals surface area contributed by atoms with E-state index in [9.17, 15) is 19.4 Å².